The second-order valence-electron chi connectivity index (χ2n) is 4.13. The molecule has 0 radical (unpaired) electrons. The summed E-state index contributed by atoms with van der Waals surface area (Å²) in [6.45, 7) is 0. The Labute approximate surface area is 109 Å². The number of imidazole rings is 1. The maximum Gasteiger partial charge on any atom is 0.335 e. The van der Waals surface area contributed by atoms with E-state index in [0.29, 0.717) is 5.82 Å². The van der Waals surface area contributed by atoms with E-state index in [1.807, 2.05) is 24.5 Å². The second-order valence-corrected chi connectivity index (χ2v) is 4.13. The number of hydrogen-bond acceptors (Lipinski definition) is 2. The van der Waals surface area contributed by atoms with E-state index < -0.39 is 5.97 Å². The van der Waals surface area contributed by atoms with Gasteiger partial charge in [-0.05, 0) is 18.2 Å². The van der Waals surface area contributed by atoms with Crippen LogP contribution in [-0.2, 0) is 0 Å². The molecule has 0 unspecified atom stereocenters. The number of carboxylic acid groups (broad SMARTS) is 1. The van der Waals surface area contributed by atoms with Crippen LogP contribution in [-0.4, -0.2) is 26.0 Å². The van der Waals surface area contributed by atoms with Gasteiger partial charge in [-0.25, -0.2) is 9.78 Å². The molecule has 0 saturated heterocycles. The van der Waals surface area contributed by atoms with Gasteiger partial charge in [0.25, 0.3) is 0 Å². The molecule has 2 heterocycles. The number of benzene rings is 1. The fourth-order valence-electron chi connectivity index (χ4n) is 1.91. The van der Waals surface area contributed by atoms with E-state index in [-0.39, 0.29) is 5.56 Å². The largest absolute Gasteiger partial charge is 0.478 e. The first-order valence-electron chi connectivity index (χ1n) is 5.76. The maximum atomic E-state index is 10.9. The van der Waals surface area contributed by atoms with E-state index in [4.69, 9.17) is 5.11 Å². The van der Waals surface area contributed by atoms with E-state index >= 15 is 0 Å². The third-order valence-corrected chi connectivity index (χ3v) is 2.87. The molecule has 0 bridgehead atoms. The molecule has 0 aliphatic heterocycles. The van der Waals surface area contributed by atoms with Gasteiger partial charge in [-0.15, -0.1) is 0 Å². The summed E-state index contributed by atoms with van der Waals surface area (Å²) in [5, 5.41) is 8.98. The van der Waals surface area contributed by atoms with Crippen LogP contribution in [0.25, 0.3) is 22.6 Å². The molecule has 19 heavy (non-hydrogen) atoms. The number of nitrogens with one attached hydrogen (secondary N) is 2. The predicted molar refractivity (Wildman–Crippen MR) is 70.8 cm³/mol. The molecule has 0 atom stereocenters. The molecule has 2 aromatic heterocycles. The number of carboxylic acids is 1. The van der Waals surface area contributed by atoms with Crippen molar-refractivity contribution >= 4 is 5.97 Å². The quantitative estimate of drug-likeness (QED) is 0.671. The highest BCUT2D eigenvalue weighted by molar-refractivity contribution is 5.89. The van der Waals surface area contributed by atoms with Gasteiger partial charge >= 0.3 is 5.97 Å². The lowest BCUT2D eigenvalue weighted by Crippen LogP contribution is -1.96. The molecule has 0 saturated carbocycles. The van der Waals surface area contributed by atoms with Crippen LogP contribution in [0.5, 0.6) is 0 Å². The first-order valence-corrected chi connectivity index (χ1v) is 5.76. The number of H-pyrrole nitrogens is 2. The Kier molecular flexibility index (Phi) is 2.64. The molecule has 3 rings (SSSR count). The molecule has 0 aliphatic rings. The van der Waals surface area contributed by atoms with Crippen LogP contribution in [0.1, 0.15) is 10.4 Å². The van der Waals surface area contributed by atoms with Gasteiger partial charge in [-0.1, -0.05) is 12.1 Å². The predicted octanol–water partition coefficient (Wildman–Crippen LogP) is 2.77. The Morgan fingerprint density at radius 2 is 2.11 bits per heavy atom. The SMILES string of the molecule is O=C(O)c1cccc(-c2ncc(-c3cc[nH]c3)[nH]2)c1. The number of carbonyl (C=O) groups is 1. The zero-order chi connectivity index (χ0) is 13.2. The Morgan fingerprint density at radius 3 is 2.84 bits per heavy atom. The summed E-state index contributed by atoms with van der Waals surface area (Å²) in [7, 11) is 0. The molecule has 0 spiro atoms. The standard InChI is InChI=1S/C14H11N3O2/c18-14(19)10-3-1-2-9(6-10)13-16-8-12(17-13)11-4-5-15-7-11/h1-8,15H,(H,16,17)(H,18,19). The molecular formula is C14H11N3O2. The minimum absolute atomic E-state index is 0.247. The molecule has 0 aliphatic carbocycles. The van der Waals surface area contributed by atoms with Crippen molar-refractivity contribution in [3.63, 3.8) is 0 Å². The van der Waals surface area contributed by atoms with Gasteiger partial charge < -0.3 is 15.1 Å². The molecule has 94 valence electrons. The van der Waals surface area contributed by atoms with Crippen molar-refractivity contribution < 1.29 is 9.90 Å². The number of nitrogens with zero attached hydrogens (tertiary/aromatic N) is 1. The number of aromatic nitrogens is 3. The van der Waals surface area contributed by atoms with Crippen LogP contribution in [0.2, 0.25) is 0 Å². The zero-order valence-electron chi connectivity index (χ0n) is 9.92. The Bertz CT molecular complexity index is 714. The van der Waals surface area contributed by atoms with E-state index in [0.717, 1.165) is 16.8 Å². The monoisotopic (exact) mass is 253 g/mol. The Morgan fingerprint density at radius 1 is 1.21 bits per heavy atom. The van der Waals surface area contributed by atoms with Crippen molar-refractivity contribution in [3.05, 3.63) is 54.5 Å². The summed E-state index contributed by atoms with van der Waals surface area (Å²) in [4.78, 5) is 21.4. The van der Waals surface area contributed by atoms with Gasteiger partial charge in [-0.3, -0.25) is 0 Å². The number of rotatable bonds is 3. The van der Waals surface area contributed by atoms with Gasteiger partial charge in [0.1, 0.15) is 5.82 Å². The minimum atomic E-state index is -0.945. The maximum absolute atomic E-state index is 10.9. The Balaban J connectivity index is 1.99. The summed E-state index contributed by atoms with van der Waals surface area (Å²) < 4.78 is 0. The highest BCUT2D eigenvalue weighted by atomic mass is 16.4. The molecule has 5 nitrogen and oxygen atoms in total. The summed E-state index contributed by atoms with van der Waals surface area (Å²) >= 11 is 0. The van der Waals surface area contributed by atoms with Crippen molar-refractivity contribution in [2.24, 2.45) is 0 Å². The fourth-order valence-corrected chi connectivity index (χ4v) is 1.91. The van der Waals surface area contributed by atoms with E-state index in [9.17, 15) is 4.79 Å². The van der Waals surface area contributed by atoms with Gasteiger partial charge in [0.2, 0.25) is 0 Å². The first kappa shape index (κ1) is 11.3. The molecule has 5 heteroatoms. The van der Waals surface area contributed by atoms with Crippen LogP contribution in [0, 0.1) is 0 Å². The minimum Gasteiger partial charge on any atom is -0.478 e. The van der Waals surface area contributed by atoms with Gasteiger partial charge in [0, 0.05) is 23.5 Å². The van der Waals surface area contributed by atoms with Crippen LogP contribution >= 0.6 is 0 Å². The topological polar surface area (TPSA) is 81.8 Å². The fraction of sp³-hybridized carbons (Fsp3) is 0. The Hall–Kier alpha value is -2.82. The number of aromatic amines is 2. The molecule has 1 aromatic carbocycles. The van der Waals surface area contributed by atoms with Crippen LogP contribution < -0.4 is 0 Å². The number of aromatic carboxylic acids is 1. The smallest absolute Gasteiger partial charge is 0.335 e. The lowest BCUT2D eigenvalue weighted by Gasteiger charge is -1.99. The second kappa shape index (κ2) is 4.45. The number of hydrogen-bond donors (Lipinski definition) is 3. The van der Waals surface area contributed by atoms with Gasteiger partial charge in [0.05, 0.1) is 17.5 Å². The van der Waals surface area contributed by atoms with Crippen molar-refractivity contribution in [1.82, 2.24) is 15.0 Å². The van der Waals surface area contributed by atoms with E-state index in [1.54, 1.807) is 24.4 Å². The third-order valence-electron chi connectivity index (χ3n) is 2.87. The van der Waals surface area contributed by atoms with Gasteiger partial charge in [-0.2, -0.15) is 0 Å². The molecular weight excluding hydrogens is 242 g/mol. The van der Waals surface area contributed by atoms with Crippen LogP contribution in [0.3, 0.4) is 0 Å². The van der Waals surface area contributed by atoms with Crippen molar-refractivity contribution in [3.8, 4) is 22.6 Å². The van der Waals surface area contributed by atoms with Crippen molar-refractivity contribution in [2.75, 3.05) is 0 Å². The molecule has 3 N–H and O–H groups in total. The van der Waals surface area contributed by atoms with Crippen molar-refractivity contribution in [1.29, 1.82) is 0 Å². The van der Waals surface area contributed by atoms with Crippen molar-refractivity contribution in [2.45, 2.75) is 0 Å². The van der Waals surface area contributed by atoms with Crippen LogP contribution in [0.15, 0.2) is 48.9 Å². The zero-order valence-corrected chi connectivity index (χ0v) is 9.92. The summed E-state index contributed by atoms with van der Waals surface area (Å²) in [6, 6.07) is 8.62. The average Bonchev–Trinajstić information content (AvgIpc) is 3.09. The van der Waals surface area contributed by atoms with E-state index in [1.165, 1.54) is 0 Å². The lowest BCUT2D eigenvalue weighted by molar-refractivity contribution is 0.0697. The summed E-state index contributed by atoms with van der Waals surface area (Å²) in [5.74, 6) is -0.293. The summed E-state index contributed by atoms with van der Waals surface area (Å²) in [6.07, 6.45) is 5.43. The highest BCUT2D eigenvalue weighted by Gasteiger charge is 2.08. The lowest BCUT2D eigenvalue weighted by atomic mass is 10.1. The normalized spacial score (nSPS) is 10.5. The summed E-state index contributed by atoms with van der Waals surface area (Å²) in [5.41, 5.74) is 2.89. The first-order chi connectivity index (χ1) is 9.24. The third kappa shape index (κ3) is 2.13. The molecule has 0 amide bonds. The molecule has 0 fully saturated rings. The average molecular weight is 253 g/mol. The van der Waals surface area contributed by atoms with Crippen LogP contribution in [0.4, 0.5) is 0 Å². The highest BCUT2D eigenvalue weighted by Crippen LogP contribution is 2.22. The van der Waals surface area contributed by atoms with E-state index in [2.05, 4.69) is 15.0 Å². The molecule has 3 aromatic rings. The van der Waals surface area contributed by atoms with Gasteiger partial charge in [0.15, 0.2) is 0 Å².